The van der Waals surface area contributed by atoms with Gasteiger partial charge in [-0.05, 0) is 113 Å². The maximum absolute atomic E-state index is 2.79. The van der Waals surface area contributed by atoms with Crippen molar-refractivity contribution in [3.05, 3.63) is 23.3 Å². The normalized spacial score (nSPS) is 52.0. The van der Waals surface area contributed by atoms with Gasteiger partial charge >= 0.3 is 0 Å². The van der Waals surface area contributed by atoms with Gasteiger partial charge in [0.25, 0.3) is 0 Å². The van der Waals surface area contributed by atoms with E-state index in [1.807, 2.05) is 5.57 Å². The molecule has 0 bridgehead atoms. The maximum atomic E-state index is 2.79. The molecule has 3 saturated carbocycles. The van der Waals surface area contributed by atoms with Crippen molar-refractivity contribution in [1.29, 1.82) is 0 Å². The lowest BCUT2D eigenvalue weighted by atomic mass is 9.38. The molecule has 0 saturated heterocycles. The Balaban J connectivity index is 1.59. The van der Waals surface area contributed by atoms with E-state index < -0.39 is 0 Å². The summed E-state index contributed by atoms with van der Waals surface area (Å²) in [6, 6.07) is 0. The van der Waals surface area contributed by atoms with Crippen LogP contribution in [-0.4, -0.2) is 0 Å². The summed E-state index contributed by atoms with van der Waals surface area (Å²) >= 11 is 0. The van der Waals surface area contributed by atoms with E-state index in [0.717, 1.165) is 23.7 Å². The minimum Gasteiger partial charge on any atom is -0.0801 e. The summed E-state index contributed by atoms with van der Waals surface area (Å²) < 4.78 is 0. The van der Waals surface area contributed by atoms with Gasteiger partial charge in [0.2, 0.25) is 0 Å². The first kappa shape index (κ1) is 21.3. The van der Waals surface area contributed by atoms with Gasteiger partial charge in [0.1, 0.15) is 0 Å². The van der Waals surface area contributed by atoms with Crippen LogP contribution in [0.5, 0.6) is 0 Å². The van der Waals surface area contributed by atoms with E-state index in [-0.39, 0.29) is 0 Å². The van der Waals surface area contributed by atoms with Crippen LogP contribution in [0.1, 0.15) is 113 Å². The van der Waals surface area contributed by atoms with E-state index in [0.29, 0.717) is 27.1 Å². The summed E-state index contributed by atoms with van der Waals surface area (Å²) in [5, 5.41) is 0. The molecule has 0 aromatic rings. The molecule has 7 atom stereocenters. The van der Waals surface area contributed by atoms with Crippen LogP contribution in [0, 0.1) is 50.7 Å². The Hall–Kier alpha value is -0.520. The van der Waals surface area contributed by atoms with Crippen molar-refractivity contribution >= 4 is 0 Å². The van der Waals surface area contributed by atoms with Crippen molar-refractivity contribution in [2.45, 2.75) is 113 Å². The van der Waals surface area contributed by atoms with Crippen LogP contribution in [0.4, 0.5) is 0 Å². The van der Waals surface area contributed by atoms with E-state index in [2.05, 4.69) is 67.5 Å². The quantitative estimate of drug-likeness (QED) is 0.406. The molecule has 0 aromatic heterocycles. The van der Waals surface area contributed by atoms with E-state index in [4.69, 9.17) is 0 Å². The fraction of sp³-hybridized carbons (Fsp3) is 0.867. The molecule has 0 nitrogen and oxygen atoms in total. The second kappa shape index (κ2) is 6.29. The molecule has 0 aromatic carbocycles. The molecule has 0 spiro atoms. The fourth-order valence-electron chi connectivity index (χ4n) is 10.6. The maximum Gasteiger partial charge on any atom is -0.00158 e. The van der Waals surface area contributed by atoms with E-state index in [1.165, 1.54) is 57.8 Å². The molecule has 3 fully saturated rings. The molecule has 0 amide bonds. The van der Waals surface area contributed by atoms with E-state index >= 15 is 0 Å². The highest BCUT2D eigenvalue weighted by Crippen LogP contribution is 2.75. The number of fused-ring (bicyclic) bond motifs is 7. The Kier molecular flexibility index (Phi) is 4.47. The van der Waals surface area contributed by atoms with Crippen molar-refractivity contribution in [2.24, 2.45) is 50.7 Å². The Bertz CT molecular complexity index is 795. The molecular weight excluding hydrogens is 360 g/mol. The zero-order chi connectivity index (χ0) is 21.7. The lowest BCUT2D eigenvalue weighted by Crippen LogP contribution is -2.58. The molecule has 0 unspecified atom stereocenters. The zero-order valence-corrected chi connectivity index (χ0v) is 21.3. The van der Waals surface area contributed by atoms with Crippen LogP contribution in [-0.2, 0) is 0 Å². The van der Waals surface area contributed by atoms with Crippen molar-refractivity contribution in [1.82, 2.24) is 0 Å². The molecule has 30 heavy (non-hydrogen) atoms. The highest BCUT2D eigenvalue weighted by molar-refractivity contribution is 5.49. The van der Waals surface area contributed by atoms with Crippen molar-refractivity contribution in [2.75, 3.05) is 0 Å². The average Bonchev–Trinajstić information content (AvgIpc) is 3.01. The first-order valence-electron chi connectivity index (χ1n) is 13.3. The molecule has 5 aliphatic carbocycles. The summed E-state index contributed by atoms with van der Waals surface area (Å²) in [7, 11) is 0. The highest BCUT2D eigenvalue weighted by Gasteiger charge is 2.66. The summed E-state index contributed by atoms with van der Waals surface area (Å²) in [6.45, 7) is 20.8. The van der Waals surface area contributed by atoms with Crippen LogP contribution >= 0.6 is 0 Å². The van der Waals surface area contributed by atoms with Crippen molar-refractivity contribution in [3.8, 4) is 0 Å². The third-order valence-electron chi connectivity index (χ3n) is 12.4. The van der Waals surface area contributed by atoms with Gasteiger partial charge in [0.05, 0.1) is 0 Å². The molecule has 0 radical (unpaired) electrons. The Morgan fingerprint density at radius 1 is 0.800 bits per heavy atom. The second-order valence-electron chi connectivity index (χ2n) is 14.2. The number of hydrogen-bond donors (Lipinski definition) is 0. The van der Waals surface area contributed by atoms with Gasteiger partial charge in [-0.3, -0.25) is 0 Å². The lowest BCUT2D eigenvalue weighted by Gasteiger charge is -2.66. The molecule has 5 rings (SSSR count). The monoisotopic (exact) mass is 408 g/mol. The largest absolute Gasteiger partial charge is 0.0801 e. The standard InChI is InChI=1S/C30H48/c1-20(2)21-10-13-25-28(21,6)18-19-29(7)23-11-12-24-26(3,4)15-9-16-27(24,5)22(23)14-17-30(25,29)8/h11,14,20-21,24-25H,9-10,12-13,15-19H2,1-8H3/t21-,24+,25-,27-,28-,29-,30+/m1/s1. The van der Waals surface area contributed by atoms with Crippen LogP contribution in [0.3, 0.4) is 0 Å². The first-order valence-corrected chi connectivity index (χ1v) is 13.3. The van der Waals surface area contributed by atoms with Crippen LogP contribution in [0.15, 0.2) is 23.3 Å². The third kappa shape index (κ3) is 2.41. The summed E-state index contributed by atoms with van der Waals surface area (Å²) in [5.41, 5.74) is 5.87. The first-order chi connectivity index (χ1) is 13.9. The van der Waals surface area contributed by atoms with Gasteiger partial charge in [-0.2, -0.15) is 0 Å². The summed E-state index contributed by atoms with van der Waals surface area (Å²) in [6.07, 6.45) is 18.2. The van der Waals surface area contributed by atoms with E-state index in [1.54, 1.807) is 5.57 Å². The molecular formula is C30H48. The molecule has 0 heterocycles. The van der Waals surface area contributed by atoms with Gasteiger partial charge in [-0.25, -0.2) is 0 Å². The predicted molar refractivity (Wildman–Crippen MR) is 129 cm³/mol. The summed E-state index contributed by atoms with van der Waals surface area (Å²) in [5.74, 6) is 3.48. The molecule has 0 heteroatoms. The SMILES string of the molecule is CC(C)[C@H]1CC[C@@H]2[C@]1(C)CC[C@]1(C)C3=CC[C@H]4C(C)(C)CCC[C@]4(C)C3=CC[C@@]21C. The summed E-state index contributed by atoms with van der Waals surface area (Å²) in [4.78, 5) is 0. The Morgan fingerprint density at radius 2 is 1.53 bits per heavy atom. The zero-order valence-electron chi connectivity index (χ0n) is 21.3. The number of allylic oxidation sites excluding steroid dienone is 4. The topological polar surface area (TPSA) is 0 Å². The Morgan fingerprint density at radius 3 is 2.23 bits per heavy atom. The van der Waals surface area contributed by atoms with Crippen LogP contribution < -0.4 is 0 Å². The predicted octanol–water partition coefficient (Wildman–Crippen LogP) is 8.97. The van der Waals surface area contributed by atoms with Crippen molar-refractivity contribution < 1.29 is 0 Å². The average molecular weight is 409 g/mol. The van der Waals surface area contributed by atoms with Gasteiger partial charge < -0.3 is 0 Å². The second-order valence-corrected chi connectivity index (χ2v) is 14.2. The van der Waals surface area contributed by atoms with Gasteiger partial charge in [0.15, 0.2) is 0 Å². The van der Waals surface area contributed by atoms with Crippen molar-refractivity contribution in [3.63, 3.8) is 0 Å². The van der Waals surface area contributed by atoms with Crippen LogP contribution in [0.2, 0.25) is 0 Å². The van der Waals surface area contributed by atoms with Crippen LogP contribution in [0.25, 0.3) is 0 Å². The smallest absolute Gasteiger partial charge is 0.00158 e. The van der Waals surface area contributed by atoms with Gasteiger partial charge in [-0.15, -0.1) is 0 Å². The molecule has 0 aliphatic heterocycles. The lowest BCUT2D eigenvalue weighted by molar-refractivity contribution is -0.102. The van der Waals surface area contributed by atoms with Gasteiger partial charge in [-0.1, -0.05) is 74.0 Å². The minimum absolute atomic E-state index is 0.378. The number of rotatable bonds is 1. The minimum atomic E-state index is 0.378. The number of hydrogen-bond acceptors (Lipinski definition) is 0. The highest BCUT2D eigenvalue weighted by atomic mass is 14.7. The fourth-order valence-corrected chi connectivity index (χ4v) is 10.6. The third-order valence-corrected chi connectivity index (χ3v) is 12.4. The van der Waals surface area contributed by atoms with Gasteiger partial charge in [0, 0.05) is 0 Å². The molecule has 0 N–H and O–H groups in total. The Labute approximate surface area is 187 Å². The van der Waals surface area contributed by atoms with E-state index in [9.17, 15) is 0 Å². The molecule has 5 aliphatic rings. The molecule has 168 valence electrons.